The molecular weight excluding hydrogens is 572 g/mol. The van der Waals surface area contributed by atoms with E-state index in [0.717, 1.165) is 29.9 Å². The van der Waals surface area contributed by atoms with Gasteiger partial charge in [-0.2, -0.15) is 0 Å². The quantitative estimate of drug-likeness (QED) is 0.0710. The maximum absolute atomic E-state index is 12.7. The smallest absolute Gasteiger partial charge is 0.347 e. The SMILES string of the molecule is CCCCCCCCCCCOc1ccc(-c2ccc(C(=O)Oc3ccc(C(=O)OC(C)C(=O)OCCOC)cc3)cc2)cc1. The van der Waals surface area contributed by atoms with Gasteiger partial charge in [-0.15, -0.1) is 0 Å². The zero-order valence-corrected chi connectivity index (χ0v) is 26.8. The van der Waals surface area contributed by atoms with Crippen molar-refractivity contribution < 1.29 is 38.1 Å². The topological polar surface area (TPSA) is 97.4 Å². The standard InChI is InChI=1S/C37H46O8/c1-4-5-6-7-8-9-10-11-12-25-42-33-21-17-30(18-22-33)29-13-15-31(16-14-29)37(40)45-34-23-19-32(20-24-34)36(39)44-28(2)35(38)43-27-26-41-3/h13-24,28H,4-12,25-27H2,1-3H3. The van der Waals surface area contributed by atoms with Crippen molar-refractivity contribution in [2.45, 2.75) is 77.7 Å². The molecule has 8 heteroatoms. The van der Waals surface area contributed by atoms with Gasteiger partial charge >= 0.3 is 17.9 Å². The van der Waals surface area contributed by atoms with Gasteiger partial charge in [0.2, 0.25) is 0 Å². The molecule has 0 aliphatic carbocycles. The van der Waals surface area contributed by atoms with E-state index in [4.69, 9.17) is 23.7 Å². The Hall–Kier alpha value is -4.17. The Labute approximate surface area is 267 Å². The number of methoxy groups -OCH3 is 1. The van der Waals surface area contributed by atoms with Crippen molar-refractivity contribution >= 4 is 17.9 Å². The summed E-state index contributed by atoms with van der Waals surface area (Å²) in [6.07, 6.45) is 10.5. The van der Waals surface area contributed by atoms with Crippen molar-refractivity contribution in [1.82, 2.24) is 0 Å². The lowest BCUT2D eigenvalue weighted by Gasteiger charge is -2.13. The highest BCUT2D eigenvalue weighted by Gasteiger charge is 2.20. The van der Waals surface area contributed by atoms with Crippen LogP contribution in [0, 0.1) is 0 Å². The molecule has 242 valence electrons. The largest absolute Gasteiger partial charge is 0.494 e. The second-order valence-electron chi connectivity index (χ2n) is 10.9. The number of rotatable bonds is 20. The molecule has 0 bridgehead atoms. The van der Waals surface area contributed by atoms with Gasteiger partial charge in [-0.1, -0.05) is 82.6 Å². The third-order valence-electron chi connectivity index (χ3n) is 7.27. The zero-order valence-electron chi connectivity index (χ0n) is 26.8. The van der Waals surface area contributed by atoms with Crippen LogP contribution >= 0.6 is 0 Å². The molecule has 0 aliphatic rings. The molecule has 0 saturated heterocycles. The summed E-state index contributed by atoms with van der Waals surface area (Å²) in [4.78, 5) is 37.0. The summed E-state index contributed by atoms with van der Waals surface area (Å²) in [5.41, 5.74) is 2.58. The summed E-state index contributed by atoms with van der Waals surface area (Å²) < 4.78 is 26.3. The third-order valence-corrected chi connectivity index (χ3v) is 7.27. The molecule has 0 amide bonds. The van der Waals surface area contributed by atoms with Crippen LogP contribution in [0.3, 0.4) is 0 Å². The van der Waals surface area contributed by atoms with Crippen LogP contribution in [0.5, 0.6) is 11.5 Å². The first-order valence-corrected chi connectivity index (χ1v) is 15.9. The molecular formula is C37H46O8. The number of carbonyl (C=O) groups is 3. The van der Waals surface area contributed by atoms with E-state index in [9.17, 15) is 14.4 Å². The first kappa shape index (κ1) is 35.3. The molecule has 3 aromatic rings. The summed E-state index contributed by atoms with van der Waals surface area (Å²) in [7, 11) is 1.49. The predicted molar refractivity (Wildman–Crippen MR) is 174 cm³/mol. The molecule has 0 N–H and O–H groups in total. The van der Waals surface area contributed by atoms with Crippen LogP contribution in [-0.2, 0) is 19.0 Å². The van der Waals surface area contributed by atoms with Crippen molar-refractivity contribution in [3.63, 3.8) is 0 Å². The Morgan fingerprint density at radius 3 is 1.71 bits per heavy atom. The van der Waals surface area contributed by atoms with Gasteiger partial charge in [0.05, 0.1) is 24.3 Å². The van der Waals surface area contributed by atoms with E-state index < -0.39 is 24.0 Å². The minimum Gasteiger partial charge on any atom is -0.494 e. The molecule has 1 unspecified atom stereocenters. The van der Waals surface area contributed by atoms with Gasteiger partial charge in [-0.3, -0.25) is 0 Å². The Morgan fingerprint density at radius 2 is 1.11 bits per heavy atom. The number of ether oxygens (including phenoxy) is 5. The van der Waals surface area contributed by atoms with E-state index in [-0.39, 0.29) is 24.5 Å². The molecule has 0 aromatic heterocycles. The summed E-state index contributed by atoms with van der Waals surface area (Å²) >= 11 is 0. The van der Waals surface area contributed by atoms with Gasteiger partial charge in [-0.05, 0) is 73.0 Å². The fraction of sp³-hybridized carbons (Fsp3) is 0.432. The monoisotopic (exact) mass is 618 g/mol. The number of hydrogen-bond acceptors (Lipinski definition) is 8. The highest BCUT2D eigenvalue weighted by molar-refractivity contribution is 5.93. The molecule has 0 heterocycles. The average molecular weight is 619 g/mol. The van der Waals surface area contributed by atoms with Crippen molar-refractivity contribution in [3.8, 4) is 22.6 Å². The summed E-state index contributed by atoms with van der Waals surface area (Å²) in [6, 6.07) is 21.0. The number of unbranched alkanes of at least 4 members (excludes halogenated alkanes) is 8. The summed E-state index contributed by atoms with van der Waals surface area (Å²) in [5.74, 6) is -0.761. The van der Waals surface area contributed by atoms with Crippen LogP contribution in [0.25, 0.3) is 11.1 Å². The molecule has 3 aromatic carbocycles. The van der Waals surface area contributed by atoms with Gasteiger partial charge in [-0.25, -0.2) is 14.4 Å². The van der Waals surface area contributed by atoms with E-state index in [2.05, 4.69) is 6.92 Å². The fourth-order valence-corrected chi connectivity index (χ4v) is 4.59. The molecule has 0 radical (unpaired) electrons. The van der Waals surface area contributed by atoms with Crippen LogP contribution in [0.4, 0.5) is 0 Å². The number of carbonyl (C=O) groups excluding carboxylic acids is 3. The Balaban J connectivity index is 1.40. The third kappa shape index (κ3) is 12.8. The van der Waals surface area contributed by atoms with Crippen molar-refractivity contribution in [3.05, 3.63) is 83.9 Å². The molecule has 0 spiro atoms. The molecule has 8 nitrogen and oxygen atoms in total. The van der Waals surface area contributed by atoms with Crippen LogP contribution < -0.4 is 9.47 Å². The fourth-order valence-electron chi connectivity index (χ4n) is 4.59. The van der Waals surface area contributed by atoms with E-state index in [1.807, 2.05) is 36.4 Å². The van der Waals surface area contributed by atoms with E-state index in [1.54, 1.807) is 12.1 Å². The lowest BCUT2D eigenvalue weighted by molar-refractivity contribution is -0.154. The molecule has 0 aliphatic heterocycles. The zero-order chi connectivity index (χ0) is 32.3. The minimum absolute atomic E-state index is 0.0715. The Kier molecular flexibility index (Phi) is 15.7. The van der Waals surface area contributed by atoms with Gasteiger partial charge < -0.3 is 23.7 Å². The van der Waals surface area contributed by atoms with Gasteiger partial charge in [0.25, 0.3) is 0 Å². The highest BCUT2D eigenvalue weighted by Crippen LogP contribution is 2.24. The van der Waals surface area contributed by atoms with Crippen molar-refractivity contribution in [1.29, 1.82) is 0 Å². The average Bonchev–Trinajstić information content (AvgIpc) is 3.06. The molecule has 0 saturated carbocycles. The lowest BCUT2D eigenvalue weighted by Crippen LogP contribution is -2.27. The van der Waals surface area contributed by atoms with Crippen LogP contribution in [0.15, 0.2) is 72.8 Å². The van der Waals surface area contributed by atoms with E-state index >= 15 is 0 Å². The Bertz CT molecular complexity index is 1300. The van der Waals surface area contributed by atoms with E-state index in [0.29, 0.717) is 5.56 Å². The van der Waals surface area contributed by atoms with Crippen LogP contribution in [0.1, 0.15) is 92.4 Å². The van der Waals surface area contributed by atoms with Gasteiger partial charge in [0.1, 0.15) is 18.1 Å². The second-order valence-corrected chi connectivity index (χ2v) is 10.9. The van der Waals surface area contributed by atoms with Crippen LogP contribution in [0.2, 0.25) is 0 Å². The number of esters is 3. The first-order valence-electron chi connectivity index (χ1n) is 15.9. The molecule has 45 heavy (non-hydrogen) atoms. The highest BCUT2D eigenvalue weighted by atomic mass is 16.6. The van der Waals surface area contributed by atoms with E-state index in [1.165, 1.54) is 89.7 Å². The first-order chi connectivity index (χ1) is 21.9. The van der Waals surface area contributed by atoms with Crippen molar-refractivity contribution in [2.24, 2.45) is 0 Å². The summed E-state index contributed by atoms with van der Waals surface area (Å²) in [5, 5.41) is 0. The lowest BCUT2D eigenvalue weighted by atomic mass is 10.0. The maximum Gasteiger partial charge on any atom is 0.347 e. The van der Waals surface area contributed by atoms with Crippen LogP contribution in [-0.4, -0.2) is 50.9 Å². The summed E-state index contributed by atoms with van der Waals surface area (Å²) in [6.45, 7) is 4.72. The molecule has 1 atom stereocenters. The molecule has 3 rings (SSSR count). The predicted octanol–water partition coefficient (Wildman–Crippen LogP) is 8.22. The normalized spacial score (nSPS) is 11.4. The number of benzene rings is 3. The molecule has 0 fully saturated rings. The second kappa shape index (κ2) is 20.0. The van der Waals surface area contributed by atoms with Gasteiger partial charge in [0, 0.05) is 7.11 Å². The maximum atomic E-state index is 12.7. The van der Waals surface area contributed by atoms with Crippen molar-refractivity contribution in [2.75, 3.05) is 26.9 Å². The Morgan fingerprint density at radius 1 is 0.600 bits per heavy atom. The number of hydrogen-bond donors (Lipinski definition) is 0. The van der Waals surface area contributed by atoms with Gasteiger partial charge in [0.15, 0.2) is 6.10 Å². The minimum atomic E-state index is -1.07.